The SMILES string of the molecule is C1=CO1.[Zn]. The Morgan fingerprint density at radius 3 is 1.50 bits per heavy atom. The van der Waals surface area contributed by atoms with E-state index in [1.54, 1.807) is 12.5 Å². The van der Waals surface area contributed by atoms with Crippen LogP contribution < -0.4 is 0 Å². The van der Waals surface area contributed by atoms with E-state index in [1.807, 2.05) is 0 Å². The molecule has 18 valence electrons. The summed E-state index contributed by atoms with van der Waals surface area (Å²) in [6, 6.07) is 0. The van der Waals surface area contributed by atoms with Crippen LogP contribution in [0.15, 0.2) is 12.5 Å². The maximum Gasteiger partial charge on any atom is 0.125 e. The standard InChI is InChI=1S/C2H2O.Zn/c1-2-3-1;/h1-2H;. The van der Waals surface area contributed by atoms with Gasteiger partial charge in [-0.3, -0.25) is 0 Å². The monoisotopic (exact) mass is 106 g/mol. The van der Waals surface area contributed by atoms with Gasteiger partial charge in [-0.25, -0.2) is 0 Å². The minimum Gasteiger partial charge on any atom is -0.466 e. The van der Waals surface area contributed by atoms with Crippen molar-refractivity contribution in [1.29, 1.82) is 0 Å². The van der Waals surface area contributed by atoms with Gasteiger partial charge >= 0.3 is 0 Å². The molecular weight excluding hydrogens is 105 g/mol. The van der Waals surface area contributed by atoms with Crippen LogP contribution >= 0.6 is 0 Å². The maximum absolute atomic E-state index is 4.25. The third kappa shape index (κ3) is 2.16. The molecule has 2 heteroatoms. The van der Waals surface area contributed by atoms with Crippen LogP contribution in [0, 0.1) is 0 Å². The van der Waals surface area contributed by atoms with E-state index < -0.39 is 0 Å². The zero-order chi connectivity index (χ0) is 2.12. The summed E-state index contributed by atoms with van der Waals surface area (Å²) in [5, 5.41) is 0. The number of hydrogen-bond acceptors (Lipinski definition) is 1. The topological polar surface area (TPSA) is 12.5 Å². The van der Waals surface area contributed by atoms with Crippen LogP contribution in [0.25, 0.3) is 0 Å². The van der Waals surface area contributed by atoms with Gasteiger partial charge in [0.05, 0.1) is 0 Å². The van der Waals surface area contributed by atoms with Crippen molar-refractivity contribution in [1.82, 2.24) is 0 Å². The van der Waals surface area contributed by atoms with Gasteiger partial charge in [0.1, 0.15) is 12.5 Å². The average Bonchev–Trinajstić information content (AvgIpc) is 1.46. The van der Waals surface area contributed by atoms with Crippen molar-refractivity contribution < 1.29 is 24.2 Å². The fraction of sp³-hybridized carbons (Fsp3) is 0. The van der Waals surface area contributed by atoms with Crippen LogP contribution in [-0.4, -0.2) is 0 Å². The number of ether oxygens (including phenoxy) is 1. The zero-order valence-electron chi connectivity index (χ0n) is 2.27. The Hall–Kier alpha value is 0.163. The Balaban J connectivity index is 0.0000000900. The van der Waals surface area contributed by atoms with Gasteiger partial charge < -0.3 is 4.74 Å². The van der Waals surface area contributed by atoms with E-state index in [4.69, 9.17) is 0 Å². The molecule has 0 saturated carbocycles. The van der Waals surface area contributed by atoms with Crippen LogP contribution in [0.3, 0.4) is 0 Å². The van der Waals surface area contributed by atoms with Gasteiger partial charge in [0.2, 0.25) is 0 Å². The smallest absolute Gasteiger partial charge is 0.125 e. The molecule has 0 radical (unpaired) electrons. The van der Waals surface area contributed by atoms with Crippen LogP contribution in [0.4, 0.5) is 0 Å². The van der Waals surface area contributed by atoms with E-state index in [2.05, 4.69) is 4.74 Å². The molecule has 0 unspecified atom stereocenters. The molecule has 1 aliphatic heterocycles. The molecule has 0 fully saturated rings. The van der Waals surface area contributed by atoms with Crippen molar-refractivity contribution in [2.45, 2.75) is 0 Å². The molecule has 0 aromatic carbocycles. The Bertz CT molecular complexity index is 29.0. The molecule has 0 bridgehead atoms. The first kappa shape index (κ1) is 4.16. The van der Waals surface area contributed by atoms with Gasteiger partial charge in [-0.15, -0.1) is 0 Å². The normalized spacial score (nSPS) is 12.0. The van der Waals surface area contributed by atoms with Crippen molar-refractivity contribution in [3.05, 3.63) is 12.5 Å². The van der Waals surface area contributed by atoms with Crippen molar-refractivity contribution in [2.75, 3.05) is 0 Å². The molecule has 0 N–H and O–H groups in total. The Morgan fingerprint density at radius 2 is 1.50 bits per heavy atom. The van der Waals surface area contributed by atoms with Gasteiger partial charge in [-0.05, 0) is 0 Å². The summed E-state index contributed by atoms with van der Waals surface area (Å²) in [7, 11) is 0. The second-order valence-electron chi connectivity index (χ2n) is 0.408. The second kappa shape index (κ2) is 1.48. The Kier molecular flexibility index (Phi) is 1.54. The number of hydrogen-bond donors (Lipinski definition) is 0. The van der Waals surface area contributed by atoms with Crippen LogP contribution in [0.2, 0.25) is 0 Å². The van der Waals surface area contributed by atoms with Crippen LogP contribution in [0.5, 0.6) is 0 Å². The molecule has 0 atom stereocenters. The molecule has 4 heavy (non-hydrogen) atoms. The van der Waals surface area contributed by atoms with E-state index in [0.29, 0.717) is 0 Å². The van der Waals surface area contributed by atoms with Crippen molar-refractivity contribution in [3.63, 3.8) is 0 Å². The fourth-order valence-electron chi connectivity index (χ4n) is 0. The summed E-state index contributed by atoms with van der Waals surface area (Å²) in [6.07, 6.45) is 3.25. The van der Waals surface area contributed by atoms with E-state index >= 15 is 0 Å². The molecule has 1 nitrogen and oxygen atoms in total. The third-order valence-electron chi connectivity index (χ3n) is 0.136. The summed E-state index contributed by atoms with van der Waals surface area (Å²) in [5.74, 6) is 0. The van der Waals surface area contributed by atoms with Crippen molar-refractivity contribution in [2.24, 2.45) is 0 Å². The first-order chi connectivity index (χ1) is 1.50. The summed E-state index contributed by atoms with van der Waals surface area (Å²) in [5.41, 5.74) is 0. The van der Waals surface area contributed by atoms with E-state index in [1.165, 1.54) is 0 Å². The number of rotatable bonds is 0. The molecule has 0 aliphatic carbocycles. The Morgan fingerprint density at radius 1 is 1.25 bits per heavy atom. The molecule has 0 aromatic rings. The van der Waals surface area contributed by atoms with Crippen LogP contribution in [-0.2, 0) is 24.2 Å². The molecule has 0 amide bonds. The van der Waals surface area contributed by atoms with Gasteiger partial charge in [0.15, 0.2) is 0 Å². The maximum atomic E-state index is 4.25. The van der Waals surface area contributed by atoms with Gasteiger partial charge in [0, 0.05) is 19.5 Å². The molecule has 1 rings (SSSR count). The summed E-state index contributed by atoms with van der Waals surface area (Å²) >= 11 is 0. The largest absolute Gasteiger partial charge is 0.466 e. The zero-order valence-corrected chi connectivity index (χ0v) is 5.24. The Labute approximate surface area is 37.4 Å². The molecule has 1 heterocycles. The van der Waals surface area contributed by atoms with Gasteiger partial charge in [0.25, 0.3) is 0 Å². The predicted octanol–water partition coefficient (Wildman–Crippen LogP) is 0.485. The molecule has 1 aliphatic rings. The van der Waals surface area contributed by atoms with Gasteiger partial charge in [-0.1, -0.05) is 0 Å². The first-order valence-electron chi connectivity index (χ1n) is 0.805. The fourth-order valence-corrected chi connectivity index (χ4v) is 0. The predicted molar refractivity (Wildman–Crippen MR) is 10.2 cm³/mol. The summed E-state index contributed by atoms with van der Waals surface area (Å²) in [4.78, 5) is 0. The second-order valence-corrected chi connectivity index (χ2v) is 0.408. The summed E-state index contributed by atoms with van der Waals surface area (Å²) in [6.45, 7) is 0. The minimum atomic E-state index is 0. The molecular formula is C2H2OZn. The average molecular weight is 107 g/mol. The van der Waals surface area contributed by atoms with E-state index in [9.17, 15) is 0 Å². The van der Waals surface area contributed by atoms with E-state index in [-0.39, 0.29) is 19.5 Å². The third-order valence-corrected chi connectivity index (χ3v) is 0.136. The van der Waals surface area contributed by atoms with Crippen molar-refractivity contribution >= 4 is 0 Å². The van der Waals surface area contributed by atoms with Crippen molar-refractivity contribution in [3.8, 4) is 0 Å². The minimum absolute atomic E-state index is 0. The molecule has 0 saturated heterocycles. The molecule has 0 aromatic heterocycles. The molecule has 0 spiro atoms. The summed E-state index contributed by atoms with van der Waals surface area (Å²) < 4.78 is 4.25. The first-order valence-corrected chi connectivity index (χ1v) is 0.805. The quantitative estimate of drug-likeness (QED) is 0.410. The van der Waals surface area contributed by atoms with E-state index in [0.717, 1.165) is 0 Å². The van der Waals surface area contributed by atoms with Gasteiger partial charge in [-0.2, -0.15) is 0 Å². The van der Waals surface area contributed by atoms with Crippen LogP contribution in [0.1, 0.15) is 0 Å².